The van der Waals surface area contributed by atoms with Crippen LogP contribution in [-0.4, -0.2) is 25.7 Å². The van der Waals surface area contributed by atoms with Gasteiger partial charge in [0.25, 0.3) is 0 Å². The molecule has 0 saturated heterocycles. The Kier molecular flexibility index (Phi) is 5.01. The number of sulfonamides is 1. The number of aromatic nitrogens is 2. The maximum Gasteiger partial charge on any atom is 0.242 e. The highest BCUT2D eigenvalue weighted by Crippen LogP contribution is 2.21. The van der Waals surface area contributed by atoms with Crippen molar-refractivity contribution in [2.45, 2.75) is 18.4 Å². The lowest BCUT2D eigenvalue weighted by molar-refractivity contribution is 0.376. The van der Waals surface area contributed by atoms with E-state index in [4.69, 9.17) is 9.26 Å². The Hall–Kier alpha value is -2.78. The number of halogens is 1. The number of methoxy groups -OCH3 is 1. The van der Waals surface area contributed by atoms with Crippen molar-refractivity contribution in [1.82, 2.24) is 14.9 Å². The Morgan fingerprint density at radius 2 is 2.04 bits per heavy atom. The average Bonchev–Trinajstić information content (AvgIpc) is 3.11. The van der Waals surface area contributed by atoms with Gasteiger partial charge in [-0.1, -0.05) is 17.3 Å². The van der Waals surface area contributed by atoms with Gasteiger partial charge in [0, 0.05) is 5.56 Å². The number of ether oxygens (including phenoxy) is 1. The molecule has 7 nitrogen and oxygen atoms in total. The zero-order valence-electron chi connectivity index (χ0n) is 14.1. The molecule has 3 aromatic rings. The van der Waals surface area contributed by atoms with Crippen molar-refractivity contribution in [1.29, 1.82) is 0 Å². The largest absolute Gasteiger partial charge is 0.497 e. The van der Waals surface area contributed by atoms with Crippen LogP contribution >= 0.6 is 0 Å². The van der Waals surface area contributed by atoms with E-state index < -0.39 is 15.8 Å². The second kappa shape index (κ2) is 7.22. The normalized spacial score (nSPS) is 11.5. The summed E-state index contributed by atoms with van der Waals surface area (Å²) in [6.45, 7) is 1.31. The van der Waals surface area contributed by atoms with E-state index in [0.717, 1.165) is 6.07 Å². The lowest BCUT2D eigenvalue weighted by Gasteiger charge is -2.06. The topological polar surface area (TPSA) is 94.3 Å². The van der Waals surface area contributed by atoms with Gasteiger partial charge in [0.1, 0.15) is 11.6 Å². The maximum atomic E-state index is 13.3. The lowest BCUT2D eigenvalue weighted by atomic mass is 10.2. The Bertz CT molecular complexity index is 1030. The number of hydrogen-bond acceptors (Lipinski definition) is 6. The van der Waals surface area contributed by atoms with Crippen molar-refractivity contribution >= 4 is 10.0 Å². The third-order valence-corrected chi connectivity index (χ3v) is 5.05. The molecule has 1 N–H and O–H groups in total. The van der Waals surface area contributed by atoms with E-state index in [2.05, 4.69) is 14.9 Å². The van der Waals surface area contributed by atoms with Crippen molar-refractivity contribution in [2.75, 3.05) is 7.11 Å². The molecule has 3 rings (SSSR count). The van der Waals surface area contributed by atoms with E-state index in [1.54, 1.807) is 31.4 Å². The number of aryl methyl sites for hydroxylation is 1. The molecular weight excluding hydrogens is 361 g/mol. The maximum absolute atomic E-state index is 13.3. The lowest BCUT2D eigenvalue weighted by Crippen LogP contribution is -2.23. The fourth-order valence-electron chi connectivity index (χ4n) is 2.23. The molecule has 0 fully saturated rings. The fourth-order valence-corrected chi connectivity index (χ4v) is 3.29. The van der Waals surface area contributed by atoms with Crippen LogP contribution in [0.4, 0.5) is 4.39 Å². The molecule has 2 aromatic carbocycles. The first-order valence-electron chi connectivity index (χ1n) is 7.62. The van der Waals surface area contributed by atoms with Crippen molar-refractivity contribution < 1.29 is 22.1 Å². The monoisotopic (exact) mass is 377 g/mol. The summed E-state index contributed by atoms with van der Waals surface area (Å²) in [5, 5.41) is 3.83. The molecule has 0 aliphatic heterocycles. The van der Waals surface area contributed by atoms with Gasteiger partial charge in [0.05, 0.1) is 18.6 Å². The van der Waals surface area contributed by atoms with Gasteiger partial charge < -0.3 is 9.26 Å². The van der Waals surface area contributed by atoms with E-state index in [1.807, 2.05) is 0 Å². The minimum Gasteiger partial charge on any atom is -0.497 e. The molecule has 26 heavy (non-hydrogen) atoms. The molecule has 0 aliphatic carbocycles. The van der Waals surface area contributed by atoms with E-state index >= 15 is 0 Å². The first-order chi connectivity index (χ1) is 12.4. The summed E-state index contributed by atoms with van der Waals surface area (Å²) in [4.78, 5) is 4.13. The molecule has 0 radical (unpaired) electrons. The summed E-state index contributed by atoms with van der Waals surface area (Å²) in [7, 11) is -2.28. The van der Waals surface area contributed by atoms with Gasteiger partial charge in [-0.15, -0.1) is 0 Å². The molecule has 1 heterocycles. The Morgan fingerprint density at radius 1 is 1.23 bits per heavy atom. The van der Waals surface area contributed by atoms with Crippen LogP contribution in [0.2, 0.25) is 0 Å². The van der Waals surface area contributed by atoms with E-state index in [0.29, 0.717) is 17.1 Å². The molecule has 0 bridgehead atoms. The van der Waals surface area contributed by atoms with Gasteiger partial charge in [-0.25, -0.2) is 17.5 Å². The van der Waals surface area contributed by atoms with Gasteiger partial charge in [-0.3, -0.25) is 0 Å². The van der Waals surface area contributed by atoms with Crippen LogP contribution in [0.15, 0.2) is 51.9 Å². The third-order valence-electron chi connectivity index (χ3n) is 3.65. The predicted molar refractivity (Wildman–Crippen MR) is 91.4 cm³/mol. The summed E-state index contributed by atoms with van der Waals surface area (Å²) < 4.78 is 50.4. The number of nitrogens with one attached hydrogen (secondary N) is 1. The molecule has 1 aromatic heterocycles. The molecule has 0 atom stereocenters. The number of benzene rings is 2. The highest BCUT2D eigenvalue weighted by atomic mass is 32.2. The van der Waals surface area contributed by atoms with Crippen LogP contribution in [-0.2, 0) is 16.6 Å². The molecular formula is C17H16FN3O4S. The first-order valence-corrected chi connectivity index (χ1v) is 9.10. The van der Waals surface area contributed by atoms with E-state index in [9.17, 15) is 12.8 Å². The van der Waals surface area contributed by atoms with Crippen LogP contribution in [0.25, 0.3) is 11.4 Å². The highest BCUT2D eigenvalue weighted by Gasteiger charge is 2.17. The zero-order valence-corrected chi connectivity index (χ0v) is 14.9. The standard InChI is InChI=1S/C17H16FN3O4S/c1-11-8-14(6-7-15(11)18)26(22,23)19-10-16-20-17(21-25-16)12-4-3-5-13(9-12)24-2/h3-9,19H,10H2,1-2H3. The molecule has 0 aliphatic rings. The van der Waals surface area contributed by atoms with Gasteiger partial charge >= 0.3 is 0 Å². The third kappa shape index (κ3) is 3.89. The predicted octanol–water partition coefficient (Wildman–Crippen LogP) is 2.67. The minimum absolute atomic E-state index is 0.0380. The Morgan fingerprint density at radius 3 is 2.77 bits per heavy atom. The average molecular weight is 377 g/mol. The van der Waals surface area contributed by atoms with Crippen LogP contribution in [0.3, 0.4) is 0 Å². The zero-order chi connectivity index (χ0) is 18.7. The molecule has 0 unspecified atom stereocenters. The second-order valence-corrected chi connectivity index (χ2v) is 7.25. The summed E-state index contributed by atoms with van der Waals surface area (Å²) in [5.74, 6) is 0.589. The highest BCUT2D eigenvalue weighted by molar-refractivity contribution is 7.89. The number of hydrogen-bond donors (Lipinski definition) is 1. The van der Waals surface area contributed by atoms with Gasteiger partial charge in [-0.05, 0) is 42.8 Å². The van der Waals surface area contributed by atoms with Crippen molar-refractivity contribution in [3.05, 3.63) is 59.7 Å². The van der Waals surface area contributed by atoms with Crippen molar-refractivity contribution in [3.63, 3.8) is 0 Å². The second-order valence-electron chi connectivity index (χ2n) is 5.48. The molecule has 9 heteroatoms. The summed E-state index contributed by atoms with van der Waals surface area (Å²) in [5.41, 5.74) is 0.919. The van der Waals surface area contributed by atoms with E-state index in [-0.39, 0.29) is 22.9 Å². The SMILES string of the molecule is COc1cccc(-c2noc(CNS(=O)(=O)c3ccc(F)c(C)c3)n2)c1. The Labute approximate surface area is 149 Å². The van der Waals surface area contributed by atoms with Gasteiger partial charge in [0.15, 0.2) is 0 Å². The van der Waals surface area contributed by atoms with Crippen LogP contribution in [0.1, 0.15) is 11.5 Å². The molecule has 0 spiro atoms. The molecule has 0 saturated carbocycles. The van der Waals surface area contributed by atoms with Crippen LogP contribution in [0.5, 0.6) is 5.75 Å². The molecule has 0 amide bonds. The first kappa shape index (κ1) is 18.0. The van der Waals surface area contributed by atoms with Gasteiger partial charge in [0.2, 0.25) is 21.7 Å². The number of rotatable bonds is 6. The smallest absolute Gasteiger partial charge is 0.242 e. The quantitative estimate of drug-likeness (QED) is 0.710. The van der Waals surface area contributed by atoms with Crippen molar-refractivity contribution in [3.8, 4) is 17.1 Å². The minimum atomic E-state index is -3.83. The summed E-state index contributed by atoms with van der Waals surface area (Å²) >= 11 is 0. The van der Waals surface area contributed by atoms with Gasteiger partial charge in [-0.2, -0.15) is 4.98 Å². The van der Waals surface area contributed by atoms with Crippen LogP contribution < -0.4 is 9.46 Å². The van der Waals surface area contributed by atoms with Crippen LogP contribution in [0, 0.1) is 12.7 Å². The molecule has 136 valence electrons. The fraction of sp³-hybridized carbons (Fsp3) is 0.176. The van der Waals surface area contributed by atoms with Crippen molar-refractivity contribution in [2.24, 2.45) is 0 Å². The summed E-state index contributed by atoms with van der Waals surface area (Å²) in [6, 6.07) is 10.6. The number of nitrogens with zero attached hydrogens (tertiary/aromatic N) is 2. The summed E-state index contributed by atoms with van der Waals surface area (Å²) in [6.07, 6.45) is 0. The Balaban J connectivity index is 1.74. The van der Waals surface area contributed by atoms with E-state index in [1.165, 1.54) is 19.1 Å².